The van der Waals surface area contributed by atoms with Crippen LogP contribution >= 0.6 is 23.2 Å². The molecule has 2 rings (SSSR count). The molecule has 0 radical (unpaired) electrons. The molecule has 4 nitrogen and oxygen atoms in total. The monoisotopic (exact) mass is 359 g/mol. The summed E-state index contributed by atoms with van der Waals surface area (Å²) in [5, 5.41) is 15.6. The molecule has 24 heavy (non-hydrogen) atoms. The van der Waals surface area contributed by atoms with Crippen LogP contribution in [0.25, 0.3) is 0 Å². The van der Waals surface area contributed by atoms with Crippen LogP contribution in [0, 0.1) is 11.3 Å². The number of nitrogens with one attached hydrogen (secondary N) is 2. The van der Waals surface area contributed by atoms with Gasteiger partial charge >= 0.3 is 0 Å². The molecule has 1 atom stereocenters. The Hall–Kier alpha value is -2.48. The highest BCUT2D eigenvalue weighted by atomic mass is 35.5. The van der Waals surface area contributed by atoms with Crippen LogP contribution < -0.4 is 10.6 Å². The second-order valence-electron chi connectivity index (χ2n) is 5.05. The highest BCUT2D eigenvalue weighted by molar-refractivity contribution is 6.36. The number of halogens is 2. The van der Waals surface area contributed by atoms with E-state index < -0.39 is 5.91 Å². The summed E-state index contributed by atoms with van der Waals surface area (Å²) in [6.07, 6.45) is 1.40. The molecule has 0 saturated carbocycles. The molecule has 0 saturated heterocycles. The number of carbonyl (C=O) groups excluding carboxylic acids is 1. The average Bonchev–Trinajstić information content (AvgIpc) is 2.58. The van der Waals surface area contributed by atoms with E-state index >= 15 is 0 Å². The van der Waals surface area contributed by atoms with Crippen molar-refractivity contribution < 1.29 is 4.79 Å². The first-order valence-electron chi connectivity index (χ1n) is 7.19. The summed E-state index contributed by atoms with van der Waals surface area (Å²) in [5.41, 5.74) is 1.39. The highest BCUT2D eigenvalue weighted by Crippen LogP contribution is 2.25. The van der Waals surface area contributed by atoms with Crippen molar-refractivity contribution in [3.8, 4) is 6.07 Å². The number of rotatable bonds is 5. The number of hydrogen-bond donors (Lipinski definition) is 2. The van der Waals surface area contributed by atoms with Crippen LogP contribution in [0.15, 0.2) is 60.3 Å². The minimum atomic E-state index is -0.547. The topological polar surface area (TPSA) is 64.9 Å². The normalized spacial score (nSPS) is 12.2. The Labute approximate surface area is 150 Å². The van der Waals surface area contributed by atoms with Gasteiger partial charge < -0.3 is 10.6 Å². The molecule has 0 heterocycles. The standard InChI is InChI=1S/C18H15Cl2N3O/c1-12(13-5-3-2-4-6-13)22-11-14(10-21)18(24)23-17-8-7-15(19)9-16(17)20/h2-9,11-12,22H,1H3,(H,23,24)/b14-11-. The van der Waals surface area contributed by atoms with Crippen LogP contribution in [0.2, 0.25) is 10.0 Å². The highest BCUT2D eigenvalue weighted by Gasteiger charge is 2.12. The average molecular weight is 360 g/mol. The molecular formula is C18H15Cl2N3O. The maximum Gasteiger partial charge on any atom is 0.267 e. The third kappa shape index (κ3) is 4.76. The SMILES string of the molecule is CC(N/C=C(/C#N)C(=O)Nc1ccc(Cl)cc1Cl)c1ccccc1. The van der Waals surface area contributed by atoms with Gasteiger partial charge in [0.2, 0.25) is 0 Å². The molecule has 2 aromatic rings. The van der Waals surface area contributed by atoms with E-state index in [0.717, 1.165) is 5.56 Å². The van der Waals surface area contributed by atoms with E-state index in [1.807, 2.05) is 43.3 Å². The van der Waals surface area contributed by atoms with Gasteiger partial charge in [0.15, 0.2) is 0 Å². The van der Waals surface area contributed by atoms with Crippen molar-refractivity contribution in [1.82, 2.24) is 5.32 Å². The summed E-state index contributed by atoms with van der Waals surface area (Å²) in [4.78, 5) is 12.2. The number of anilines is 1. The zero-order valence-corrected chi connectivity index (χ0v) is 14.4. The van der Waals surface area contributed by atoms with Gasteiger partial charge in [-0.15, -0.1) is 0 Å². The minimum Gasteiger partial charge on any atom is -0.383 e. The van der Waals surface area contributed by atoms with Gasteiger partial charge in [-0.25, -0.2) is 0 Å². The Balaban J connectivity index is 2.07. The summed E-state index contributed by atoms with van der Waals surface area (Å²) in [6, 6.07) is 16.3. The van der Waals surface area contributed by atoms with Gasteiger partial charge in [-0.1, -0.05) is 53.5 Å². The molecule has 0 aliphatic rings. The fourth-order valence-electron chi connectivity index (χ4n) is 1.98. The molecule has 6 heteroatoms. The van der Waals surface area contributed by atoms with Gasteiger partial charge in [-0.05, 0) is 30.7 Å². The molecule has 0 aromatic heterocycles. The number of carbonyl (C=O) groups is 1. The van der Waals surface area contributed by atoms with E-state index in [-0.39, 0.29) is 11.6 Å². The van der Waals surface area contributed by atoms with E-state index in [2.05, 4.69) is 10.6 Å². The van der Waals surface area contributed by atoms with Crippen molar-refractivity contribution >= 4 is 34.8 Å². The lowest BCUT2D eigenvalue weighted by Crippen LogP contribution is -2.18. The fourth-order valence-corrected chi connectivity index (χ4v) is 2.43. The molecule has 1 amide bonds. The van der Waals surface area contributed by atoms with Gasteiger partial charge in [0.05, 0.1) is 10.7 Å². The molecule has 0 aliphatic carbocycles. The van der Waals surface area contributed by atoms with Crippen molar-refractivity contribution in [3.63, 3.8) is 0 Å². The Bertz CT molecular complexity index is 798. The predicted octanol–water partition coefficient (Wildman–Crippen LogP) is 4.69. The molecule has 1 unspecified atom stereocenters. The quantitative estimate of drug-likeness (QED) is 0.601. The van der Waals surface area contributed by atoms with Gasteiger partial charge in [-0.2, -0.15) is 5.26 Å². The van der Waals surface area contributed by atoms with Crippen molar-refractivity contribution in [3.05, 3.63) is 75.9 Å². The number of nitriles is 1. The number of benzene rings is 2. The Morgan fingerprint density at radius 3 is 2.54 bits per heavy atom. The van der Waals surface area contributed by atoms with E-state index in [9.17, 15) is 10.1 Å². The fraction of sp³-hybridized carbons (Fsp3) is 0.111. The third-order valence-electron chi connectivity index (χ3n) is 3.32. The maximum atomic E-state index is 12.2. The maximum absolute atomic E-state index is 12.2. The van der Waals surface area contributed by atoms with Crippen molar-refractivity contribution in [2.75, 3.05) is 5.32 Å². The largest absolute Gasteiger partial charge is 0.383 e. The molecular weight excluding hydrogens is 345 g/mol. The Kier molecular flexibility index (Phi) is 6.25. The Morgan fingerprint density at radius 2 is 1.92 bits per heavy atom. The molecule has 0 aliphatic heterocycles. The van der Waals surface area contributed by atoms with Gasteiger partial charge in [0.25, 0.3) is 5.91 Å². The van der Waals surface area contributed by atoms with Crippen LogP contribution in [0.4, 0.5) is 5.69 Å². The lowest BCUT2D eigenvalue weighted by atomic mass is 10.1. The van der Waals surface area contributed by atoms with Crippen LogP contribution in [0.3, 0.4) is 0 Å². The summed E-state index contributed by atoms with van der Waals surface area (Å²) in [6.45, 7) is 1.94. The first-order valence-corrected chi connectivity index (χ1v) is 7.94. The van der Waals surface area contributed by atoms with Crippen molar-refractivity contribution in [1.29, 1.82) is 5.26 Å². The van der Waals surface area contributed by atoms with E-state index in [0.29, 0.717) is 15.7 Å². The van der Waals surface area contributed by atoms with Crippen molar-refractivity contribution in [2.24, 2.45) is 0 Å². The predicted molar refractivity (Wildman–Crippen MR) is 96.8 cm³/mol. The number of nitrogens with zero attached hydrogens (tertiary/aromatic N) is 1. The van der Waals surface area contributed by atoms with Gasteiger partial charge in [-0.3, -0.25) is 4.79 Å². The lowest BCUT2D eigenvalue weighted by molar-refractivity contribution is -0.112. The first-order chi connectivity index (χ1) is 11.5. The molecule has 0 fully saturated rings. The summed E-state index contributed by atoms with van der Waals surface area (Å²) < 4.78 is 0. The van der Waals surface area contributed by atoms with Crippen LogP contribution in [0.1, 0.15) is 18.5 Å². The zero-order chi connectivity index (χ0) is 17.5. The second-order valence-corrected chi connectivity index (χ2v) is 5.89. The van der Waals surface area contributed by atoms with E-state index in [4.69, 9.17) is 23.2 Å². The van der Waals surface area contributed by atoms with Gasteiger partial charge in [0.1, 0.15) is 11.6 Å². The van der Waals surface area contributed by atoms with E-state index in [1.165, 1.54) is 12.3 Å². The minimum absolute atomic E-state index is 0.0403. The van der Waals surface area contributed by atoms with Gasteiger partial charge in [0, 0.05) is 17.3 Å². The molecule has 2 aromatic carbocycles. The second kappa shape index (κ2) is 8.39. The summed E-state index contributed by atoms with van der Waals surface area (Å²) in [7, 11) is 0. The molecule has 0 bridgehead atoms. The van der Waals surface area contributed by atoms with Crippen molar-refractivity contribution in [2.45, 2.75) is 13.0 Å². The summed E-state index contributed by atoms with van der Waals surface area (Å²) in [5.74, 6) is -0.547. The molecule has 122 valence electrons. The molecule has 0 spiro atoms. The van der Waals surface area contributed by atoms with Crippen LogP contribution in [0.5, 0.6) is 0 Å². The number of hydrogen-bond acceptors (Lipinski definition) is 3. The lowest BCUT2D eigenvalue weighted by Gasteiger charge is -2.12. The van der Waals surface area contributed by atoms with Crippen LogP contribution in [-0.4, -0.2) is 5.91 Å². The van der Waals surface area contributed by atoms with E-state index in [1.54, 1.807) is 12.1 Å². The zero-order valence-electron chi connectivity index (χ0n) is 12.9. The third-order valence-corrected chi connectivity index (χ3v) is 3.87. The Morgan fingerprint density at radius 1 is 1.21 bits per heavy atom. The first kappa shape index (κ1) is 17.9. The smallest absolute Gasteiger partial charge is 0.267 e. The molecule has 2 N–H and O–H groups in total. The van der Waals surface area contributed by atoms with Crippen LogP contribution in [-0.2, 0) is 4.79 Å². The number of amides is 1. The summed E-state index contributed by atoms with van der Waals surface area (Å²) >= 11 is 11.8.